The van der Waals surface area contributed by atoms with Gasteiger partial charge in [0.1, 0.15) is 0 Å². The number of hydrogen-bond acceptors (Lipinski definition) is 3. The van der Waals surface area contributed by atoms with Crippen LogP contribution in [-0.2, 0) is 6.54 Å². The maximum absolute atomic E-state index is 12.7. The zero-order valence-electron chi connectivity index (χ0n) is 12.5. The van der Waals surface area contributed by atoms with Gasteiger partial charge in [0.05, 0.1) is 13.7 Å². The number of carbonyl (C=O) groups excluding carboxylic acids is 1. The highest BCUT2D eigenvalue weighted by Gasteiger charge is 2.16. The minimum atomic E-state index is -0.0314. The number of pyridine rings is 1. The maximum atomic E-state index is 12.7. The van der Waals surface area contributed by atoms with Crippen LogP contribution in [0.3, 0.4) is 0 Å². The van der Waals surface area contributed by atoms with E-state index in [0.717, 1.165) is 16.5 Å². The lowest BCUT2D eigenvalue weighted by atomic mass is 10.1. The number of carbonyl (C=O) groups is 1. The summed E-state index contributed by atoms with van der Waals surface area (Å²) in [5.74, 6) is 0.512. The molecule has 0 aliphatic heterocycles. The third-order valence-electron chi connectivity index (χ3n) is 3.62. The predicted octanol–water partition coefficient (Wildman–Crippen LogP) is 2.84. The summed E-state index contributed by atoms with van der Waals surface area (Å²) in [5.41, 5.74) is 2.52. The van der Waals surface area contributed by atoms with E-state index in [4.69, 9.17) is 4.74 Å². The van der Waals surface area contributed by atoms with E-state index in [0.29, 0.717) is 18.0 Å². The quantitative estimate of drug-likeness (QED) is 0.805. The molecule has 0 unspecified atom stereocenters. The number of fused-ring (bicyclic) bond motifs is 1. The Bertz CT molecular complexity index is 810. The molecule has 0 atom stereocenters. The number of methoxy groups -OCH3 is 1. The van der Waals surface area contributed by atoms with E-state index >= 15 is 0 Å². The molecule has 5 nitrogen and oxygen atoms in total. The number of aromatic nitrogens is 2. The zero-order chi connectivity index (χ0) is 15.5. The van der Waals surface area contributed by atoms with E-state index in [1.165, 1.54) is 0 Å². The average Bonchev–Trinajstić information content (AvgIpc) is 3.03. The Morgan fingerprint density at radius 1 is 1.27 bits per heavy atom. The first-order valence-electron chi connectivity index (χ1n) is 7.00. The van der Waals surface area contributed by atoms with Crippen molar-refractivity contribution in [1.29, 1.82) is 0 Å². The molecule has 0 fully saturated rings. The second-order valence-electron chi connectivity index (χ2n) is 5.08. The highest BCUT2D eigenvalue weighted by molar-refractivity contribution is 6.06. The van der Waals surface area contributed by atoms with E-state index < -0.39 is 0 Å². The van der Waals surface area contributed by atoms with Crippen LogP contribution in [0.1, 0.15) is 15.9 Å². The summed E-state index contributed by atoms with van der Waals surface area (Å²) in [5, 5.41) is 0.928. The van der Waals surface area contributed by atoms with Gasteiger partial charge in [-0.25, -0.2) is 4.98 Å². The Balaban J connectivity index is 1.87. The first-order valence-corrected chi connectivity index (χ1v) is 7.00. The lowest BCUT2D eigenvalue weighted by molar-refractivity contribution is 0.0786. The minimum Gasteiger partial charge on any atom is -0.481 e. The molecule has 1 N–H and O–H groups in total. The number of H-pyrrole nitrogens is 1. The van der Waals surface area contributed by atoms with Gasteiger partial charge in [-0.1, -0.05) is 12.1 Å². The van der Waals surface area contributed by atoms with Crippen LogP contribution in [0.5, 0.6) is 5.88 Å². The van der Waals surface area contributed by atoms with Crippen LogP contribution in [0.15, 0.2) is 48.8 Å². The molecule has 3 aromatic rings. The zero-order valence-corrected chi connectivity index (χ0v) is 12.5. The van der Waals surface area contributed by atoms with Crippen LogP contribution in [0.4, 0.5) is 0 Å². The maximum Gasteiger partial charge on any atom is 0.254 e. The lowest BCUT2D eigenvalue weighted by Crippen LogP contribution is -2.26. The standard InChI is InChI=1S/C17H17N3O2/c1-20(11-12-5-4-9-19-16(12)22-2)17(21)14-6-3-7-15-13(14)8-10-18-15/h3-10,18H,11H2,1-2H3. The number of nitrogens with zero attached hydrogens (tertiary/aromatic N) is 2. The molecule has 0 bridgehead atoms. The van der Waals surface area contributed by atoms with Crippen molar-refractivity contribution in [2.75, 3.05) is 14.2 Å². The summed E-state index contributed by atoms with van der Waals surface area (Å²) in [6, 6.07) is 11.3. The molecular weight excluding hydrogens is 278 g/mol. The molecule has 0 aliphatic carbocycles. The molecule has 1 aromatic carbocycles. The van der Waals surface area contributed by atoms with E-state index in [2.05, 4.69) is 9.97 Å². The second-order valence-corrected chi connectivity index (χ2v) is 5.08. The fourth-order valence-electron chi connectivity index (χ4n) is 2.53. The fourth-order valence-corrected chi connectivity index (χ4v) is 2.53. The second kappa shape index (κ2) is 5.89. The highest BCUT2D eigenvalue weighted by Crippen LogP contribution is 2.21. The molecule has 1 amide bonds. The Morgan fingerprint density at radius 2 is 2.14 bits per heavy atom. The van der Waals surface area contributed by atoms with Gasteiger partial charge in [-0.3, -0.25) is 4.79 Å². The van der Waals surface area contributed by atoms with Gasteiger partial charge in [0, 0.05) is 41.5 Å². The molecule has 0 radical (unpaired) electrons. The molecule has 3 rings (SSSR count). The van der Waals surface area contributed by atoms with Crippen LogP contribution in [0, 0.1) is 0 Å². The summed E-state index contributed by atoms with van der Waals surface area (Å²) in [6.07, 6.45) is 3.51. The van der Waals surface area contributed by atoms with Crippen LogP contribution in [0.2, 0.25) is 0 Å². The summed E-state index contributed by atoms with van der Waals surface area (Å²) in [4.78, 5) is 21.7. The third-order valence-corrected chi connectivity index (χ3v) is 3.62. The van der Waals surface area contributed by atoms with Crippen molar-refractivity contribution in [2.45, 2.75) is 6.54 Å². The molecular formula is C17H17N3O2. The van der Waals surface area contributed by atoms with Gasteiger partial charge in [-0.05, 0) is 24.3 Å². The summed E-state index contributed by atoms with van der Waals surface area (Å²) < 4.78 is 5.24. The Hall–Kier alpha value is -2.82. The molecule has 2 aromatic heterocycles. The Kier molecular flexibility index (Phi) is 3.78. The van der Waals surface area contributed by atoms with Crippen molar-refractivity contribution in [3.63, 3.8) is 0 Å². The summed E-state index contributed by atoms with van der Waals surface area (Å²) in [6.45, 7) is 0.441. The van der Waals surface area contributed by atoms with Gasteiger partial charge < -0.3 is 14.6 Å². The molecule has 5 heteroatoms. The van der Waals surface area contributed by atoms with Crippen molar-refractivity contribution in [2.24, 2.45) is 0 Å². The van der Waals surface area contributed by atoms with E-state index in [1.807, 2.05) is 42.6 Å². The van der Waals surface area contributed by atoms with E-state index in [1.54, 1.807) is 25.3 Å². The van der Waals surface area contributed by atoms with Gasteiger partial charge in [0.25, 0.3) is 5.91 Å². The monoisotopic (exact) mass is 295 g/mol. The number of benzene rings is 1. The van der Waals surface area contributed by atoms with Crippen molar-refractivity contribution >= 4 is 16.8 Å². The topological polar surface area (TPSA) is 58.2 Å². The normalized spacial score (nSPS) is 10.6. The Morgan fingerprint density at radius 3 is 2.95 bits per heavy atom. The smallest absolute Gasteiger partial charge is 0.254 e. The van der Waals surface area contributed by atoms with Crippen LogP contribution in [-0.4, -0.2) is 34.9 Å². The minimum absolute atomic E-state index is 0.0314. The average molecular weight is 295 g/mol. The number of rotatable bonds is 4. The SMILES string of the molecule is COc1ncccc1CN(C)C(=O)c1cccc2[nH]ccc12. The van der Waals surface area contributed by atoms with E-state index in [-0.39, 0.29) is 5.91 Å². The van der Waals surface area contributed by atoms with Crippen molar-refractivity contribution in [1.82, 2.24) is 14.9 Å². The number of hydrogen-bond donors (Lipinski definition) is 1. The van der Waals surface area contributed by atoms with Gasteiger partial charge in [-0.2, -0.15) is 0 Å². The van der Waals surface area contributed by atoms with Crippen LogP contribution in [0.25, 0.3) is 10.9 Å². The summed E-state index contributed by atoms with van der Waals surface area (Å²) >= 11 is 0. The molecule has 2 heterocycles. The largest absolute Gasteiger partial charge is 0.481 e. The first kappa shape index (κ1) is 14.1. The van der Waals surface area contributed by atoms with Crippen LogP contribution < -0.4 is 4.74 Å². The Labute approximate surface area is 128 Å². The van der Waals surface area contributed by atoms with Gasteiger partial charge in [0.15, 0.2) is 0 Å². The number of amides is 1. The lowest BCUT2D eigenvalue weighted by Gasteiger charge is -2.18. The summed E-state index contributed by atoms with van der Waals surface area (Å²) in [7, 11) is 3.36. The first-order chi connectivity index (χ1) is 10.7. The highest BCUT2D eigenvalue weighted by atomic mass is 16.5. The van der Waals surface area contributed by atoms with Crippen molar-refractivity contribution in [3.05, 3.63) is 59.9 Å². The number of ether oxygens (including phenoxy) is 1. The van der Waals surface area contributed by atoms with Gasteiger partial charge in [0.2, 0.25) is 5.88 Å². The molecule has 22 heavy (non-hydrogen) atoms. The molecule has 0 spiro atoms. The fraction of sp³-hybridized carbons (Fsp3) is 0.176. The molecule has 0 aliphatic rings. The number of aromatic amines is 1. The molecule has 0 saturated carbocycles. The van der Waals surface area contributed by atoms with Gasteiger partial charge >= 0.3 is 0 Å². The molecule has 0 saturated heterocycles. The van der Waals surface area contributed by atoms with E-state index in [9.17, 15) is 4.79 Å². The van der Waals surface area contributed by atoms with Crippen molar-refractivity contribution < 1.29 is 9.53 Å². The van der Waals surface area contributed by atoms with Crippen LogP contribution >= 0.6 is 0 Å². The van der Waals surface area contributed by atoms with Crippen molar-refractivity contribution in [3.8, 4) is 5.88 Å². The third kappa shape index (κ3) is 2.53. The van der Waals surface area contributed by atoms with Gasteiger partial charge in [-0.15, -0.1) is 0 Å². The number of nitrogens with one attached hydrogen (secondary N) is 1. The predicted molar refractivity (Wildman–Crippen MR) is 84.9 cm³/mol. The molecule has 112 valence electrons.